The lowest BCUT2D eigenvalue weighted by Crippen LogP contribution is -2.46. The Morgan fingerprint density at radius 1 is 1.55 bits per heavy atom. The molecule has 5 heteroatoms. The summed E-state index contributed by atoms with van der Waals surface area (Å²) < 4.78 is 18.6. The number of hydrogen-bond acceptors (Lipinski definition) is 3. The highest BCUT2D eigenvalue weighted by molar-refractivity contribution is 5.77. The number of nitrogens with two attached hydrogens (primary N) is 1. The summed E-state index contributed by atoms with van der Waals surface area (Å²) in [6.45, 7) is 3.22. The fourth-order valence-electron chi connectivity index (χ4n) is 2.46. The van der Waals surface area contributed by atoms with Gasteiger partial charge in [-0.1, -0.05) is 12.1 Å². The molecule has 1 amide bonds. The second kappa shape index (κ2) is 6.70. The van der Waals surface area contributed by atoms with Crippen molar-refractivity contribution in [2.24, 2.45) is 11.7 Å². The average Bonchev–Trinajstić information content (AvgIpc) is 2.46. The molecule has 2 N–H and O–H groups in total. The summed E-state index contributed by atoms with van der Waals surface area (Å²) in [5, 5.41) is 0. The van der Waals surface area contributed by atoms with Gasteiger partial charge in [-0.2, -0.15) is 0 Å². The minimum Gasteiger partial charge on any atom is -0.481 e. The van der Waals surface area contributed by atoms with E-state index in [0.29, 0.717) is 12.5 Å². The van der Waals surface area contributed by atoms with Gasteiger partial charge in [0.25, 0.3) is 5.91 Å². The minimum absolute atomic E-state index is 0.0816. The number of benzene rings is 1. The Hall–Kier alpha value is -1.62. The number of nitrogens with zero attached hydrogens (tertiary/aromatic N) is 1. The first-order valence-corrected chi connectivity index (χ1v) is 6.98. The van der Waals surface area contributed by atoms with Crippen LogP contribution in [0.15, 0.2) is 24.3 Å². The standard InChI is InChI=1S/C15H21FN2O2/c1-11(17)12-5-4-8-18(9-12)15(19)10-20-14-7-3-2-6-13(14)16/h2-3,6-7,11-12H,4-5,8-10,17H2,1H3/t11-,12+/m0/s1. The zero-order valence-corrected chi connectivity index (χ0v) is 11.7. The molecule has 0 saturated carbocycles. The normalized spacial score (nSPS) is 20.6. The predicted molar refractivity (Wildman–Crippen MR) is 74.8 cm³/mol. The van der Waals surface area contributed by atoms with Gasteiger partial charge in [-0.25, -0.2) is 4.39 Å². The smallest absolute Gasteiger partial charge is 0.260 e. The molecule has 0 spiro atoms. The minimum atomic E-state index is -0.451. The largest absolute Gasteiger partial charge is 0.481 e. The number of carbonyl (C=O) groups excluding carboxylic acids is 1. The summed E-state index contributed by atoms with van der Waals surface area (Å²) in [5.74, 6) is -0.117. The molecule has 0 unspecified atom stereocenters. The van der Waals surface area contributed by atoms with Crippen LogP contribution in [0.4, 0.5) is 4.39 Å². The van der Waals surface area contributed by atoms with Gasteiger partial charge in [0.15, 0.2) is 18.2 Å². The van der Waals surface area contributed by atoms with Crippen LogP contribution in [0.3, 0.4) is 0 Å². The number of para-hydroxylation sites is 1. The van der Waals surface area contributed by atoms with Crippen molar-refractivity contribution >= 4 is 5.91 Å². The van der Waals surface area contributed by atoms with E-state index in [-0.39, 0.29) is 24.3 Å². The number of amides is 1. The maximum absolute atomic E-state index is 13.4. The Morgan fingerprint density at radius 2 is 2.30 bits per heavy atom. The van der Waals surface area contributed by atoms with E-state index >= 15 is 0 Å². The molecular weight excluding hydrogens is 259 g/mol. The molecule has 1 saturated heterocycles. The van der Waals surface area contributed by atoms with Gasteiger partial charge in [-0.05, 0) is 37.8 Å². The third-order valence-electron chi connectivity index (χ3n) is 3.74. The quantitative estimate of drug-likeness (QED) is 0.915. The first-order chi connectivity index (χ1) is 9.58. The molecule has 1 aromatic carbocycles. The van der Waals surface area contributed by atoms with Gasteiger partial charge in [-0.3, -0.25) is 4.79 Å². The number of ether oxygens (including phenoxy) is 1. The molecular formula is C15H21FN2O2. The van der Waals surface area contributed by atoms with Crippen molar-refractivity contribution < 1.29 is 13.9 Å². The number of rotatable bonds is 4. The molecule has 0 bridgehead atoms. The second-order valence-corrected chi connectivity index (χ2v) is 5.32. The highest BCUT2D eigenvalue weighted by Gasteiger charge is 2.26. The van der Waals surface area contributed by atoms with Gasteiger partial charge in [-0.15, -0.1) is 0 Å². The van der Waals surface area contributed by atoms with E-state index in [9.17, 15) is 9.18 Å². The van der Waals surface area contributed by atoms with E-state index in [1.54, 1.807) is 17.0 Å². The number of piperidine rings is 1. The Labute approximate surface area is 118 Å². The molecule has 1 aliphatic heterocycles. The number of carbonyl (C=O) groups is 1. The van der Waals surface area contributed by atoms with Crippen LogP contribution in [-0.2, 0) is 4.79 Å². The van der Waals surface area contributed by atoms with Gasteiger partial charge >= 0.3 is 0 Å². The molecule has 0 radical (unpaired) electrons. The van der Waals surface area contributed by atoms with Crippen molar-refractivity contribution in [1.29, 1.82) is 0 Å². The first-order valence-electron chi connectivity index (χ1n) is 6.98. The molecule has 4 nitrogen and oxygen atoms in total. The van der Waals surface area contributed by atoms with Crippen molar-refractivity contribution in [3.05, 3.63) is 30.1 Å². The zero-order valence-electron chi connectivity index (χ0n) is 11.7. The first kappa shape index (κ1) is 14.8. The van der Waals surface area contributed by atoms with Crippen molar-refractivity contribution in [2.45, 2.75) is 25.8 Å². The van der Waals surface area contributed by atoms with Crippen molar-refractivity contribution in [3.8, 4) is 5.75 Å². The van der Waals surface area contributed by atoms with Crippen molar-refractivity contribution in [2.75, 3.05) is 19.7 Å². The zero-order chi connectivity index (χ0) is 14.5. The van der Waals surface area contributed by atoms with Crippen LogP contribution in [0.25, 0.3) is 0 Å². The number of likely N-dealkylation sites (tertiary alicyclic amines) is 1. The van der Waals surface area contributed by atoms with Crippen LogP contribution in [0.2, 0.25) is 0 Å². The molecule has 2 atom stereocenters. The van der Waals surface area contributed by atoms with E-state index < -0.39 is 5.82 Å². The number of halogens is 1. The average molecular weight is 280 g/mol. The summed E-state index contributed by atoms with van der Waals surface area (Å²) >= 11 is 0. The molecule has 2 rings (SSSR count). The SMILES string of the molecule is C[C@H](N)[C@@H]1CCCN(C(=O)COc2ccccc2F)C1. The summed E-state index contributed by atoms with van der Waals surface area (Å²) in [7, 11) is 0. The van der Waals surface area contributed by atoms with Gasteiger partial charge in [0.1, 0.15) is 0 Å². The van der Waals surface area contributed by atoms with Gasteiger partial charge in [0.2, 0.25) is 0 Å². The van der Waals surface area contributed by atoms with Gasteiger partial charge in [0.05, 0.1) is 0 Å². The fraction of sp³-hybridized carbons (Fsp3) is 0.533. The summed E-state index contributed by atoms with van der Waals surface area (Å²) in [6, 6.07) is 6.17. The molecule has 1 aliphatic rings. The lowest BCUT2D eigenvalue weighted by molar-refractivity contribution is -0.135. The van der Waals surface area contributed by atoms with E-state index in [2.05, 4.69) is 0 Å². The monoisotopic (exact) mass is 280 g/mol. The molecule has 1 fully saturated rings. The molecule has 110 valence electrons. The fourth-order valence-corrected chi connectivity index (χ4v) is 2.46. The molecule has 1 heterocycles. The van der Waals surface area contributed by atoms with Gasteiger partial charge < -0.3 is 15.4 Å². The van der Waals surface area contributed by atoms with Crippen LogP contribution in [0, 0.1) is 11.7 Å². The highest BCUT2D eigenvalue weighted by atomic mass is 19.1. The molecule has 0 aromatic heterocycles. The van der Waals surface area contributed by atoms with Crippen LogP contribution in [0.5, 0.6) is 5.75 Å². The molecule has 1 aromatic rings. The maximum Gasteiger partial charge on any atom is 0.260 e. The maximum atomic E-state index is 13.4. The molecule has 20 heavy (non-hydrogen) atoms. The van der Waals surface area contributed by atoms with E-state index in [4.69, 9.17) is 10.5 Å². The van der Waals surface area contributed by atoms with Crippen LogP contribution in [0.1, 0.15) is 19.8 Å². The van der Waals surface area contributed by atoms with E-state index in [1.165, 1.54) is 12.1 Å². The lowest BCUT2D eigenvalue weighted by Gasteiger charge is -2.34. The lowest BCUT2D eigenvalue weighted by atomic mass is 9.92. The van der Waals surface area contributed by atoms with E-state index in [0.717, 1.165) is 19.4 Å². The van der Waals surface area contributed by atoms with Crippen LogP contribution in [-0.4, -0.2) is 36.5 Å². The number of hydrogen-bond donors (Lipinski definition) is 1. The Balaban J connectivity index is 1.87. The predicted octanol–water partition coefficient (Wildman–Crippen LogP) is 1.79. The third-order valence-corrected chi connectivity index (χ3v) is 3.74. The Morgan fingerprint density at radius 3 is 3.00 bits per heavy atom. The van der Waals surface area contributed by atoms with Crippen LogP contribution < -0.4 is 10.5 Å². The Kier molecular flexibility index (Phi) is 4.95. The summed E-state index contributed by atoms with van der Waals surface area (Å²) in [4.78, 5) is 13.9. The topological polar surface area (TPSA) is 55.6 Å². The highest BCUT2D eigenvalue weighted by Crippen LogP contribution is 2.19. The Bertz CT molecular complexity index is 465. The third kappa shape index (κ3) is 3.70. The van der Waals surface area contributed by atoms with Crippen molar-refractivity contribution in [1.82, 2.24) is 4.90 Å². The molecule has 0 aliphatic carbocycles. The second-order valence-electron chi connectivity index (χ2n) is 5.32. The summed E-state index contributed by atoms with van der Waals surface area (Å²) in [5.41, 5.74) is 5.90. The summed E-state index contributed by atoms with van der Waals surface area (Å²) in [6.07, 6.45) is 2.01. The van der Waals surface area contributed by atoms with Crippen molar-refractivity contribution in [3.63, 3.8) is 0 Å². The van der Waals surface area contributed by atoms with Gasteiger partial charge in [0, 0.05) is 19.1 Å². The van der Waals surface area contributed by atoms with Crippen LogP contribution >= 0.6 is 0 Å². The van der Waals surface area contributed by atoms with E-state index in [1.807, 2.05) is 6.92 Å².